The van der Waals surface area contributed by atoms with Crippen molar-refractivity contribution in [1.29, 1.82) is 0 Å². The van der Waals surface area contributed by atoms with Crippen LogP contribution in [0.4, 0.5) is 0 Å². The Kier molecular flexibility index (Phi) is 5.05. The van der Waals surface area contributed by atoms with E-state index in [0.717, 1.165) is 24.1 Å². The van der Waals surface area contributed by atoms with Crippen LogP contribution in [0.2, 0.25) is 10.0 Å². The molecule has 102 valence electrons. The van der Waals surface area contributed by atoms with Gasteiger partial charge in [0, 0.05) is 22.5 Å². The van der Waals surface area contributed by atoms with Crippen molar-refractivity contribution < 1.29 is 0 Å². The molecule has 0 radical (unpaired) electrons. The van der Waals surface area contributed by atoms with Gasteiger partial charge in [-0.2, -0.15) is 0 Å². The van der Waals surface area contributed by atoms with Gasteiger partial charge in [-0.05, 0) is 37.6 Å². The lowest BCUT2D eigenvalue weighted by Gasteiger charge is -2.09. The molecule has 6 heteroatoms. The molecule has 0 saturated carbocycles. The van der Waals surface area contributed by atoms with Crippen LogP contribution in [0.25, 0.3) is 11.3 Å². The summed E-state index contributed by atoms with van der Waals surface area (Å²) in [4.78, 5) is 11.9. The van der Waals surface area contributed by atoms with Crippen molar-refractivity contribution in [1.82, 2.24) is 4.57 Å². The number of aromatic nitrogens is 1. The summed E-state index contributed by atoms with van der Waals surface area (Å²) in [6.45, 7) is 1.30. The summed E-state index contributed by atoms with van der Waals surface area (Å²) in [5.74, 6) is 0. The third-order valence-corrected chi connectivity index (χ3v) is 4.14. The molecule has 0 aliphatic heterocycles. The first kappa shape index (κ1) is 14.6. The van der Waals surface area contributed by atoms with Gasteiger partial charge in [-0.15, -0.1) is 0 Å². The van der Waals surface area contributed by atoms with Crippen LogP contribution in [0.3, 0.4) is 0 Å². The van der Waals surface area contributed by atoms with Gasteiger partial charge in [0.25, 0.3) is 0 Å². The zero-order valence-corrected chi connectivity index (χ0v) is 12.6. The first-order valence-electron chi connectivity index (χ1n) is 5.97. The fraction of sp³-hybridized carbons (Fsp3) is 0.308. The van der Waals surface area contributed by atoms with Gasteiger partial charge >= 0.3 is 4.87 Å². The molecule has 0 unspecified atom stereocenters. The van der Waals surface area contributed by atoms with Crippen LogP contribution in [0.1, 0.15) is 12.8 Å². The Morgan fingerprint density at radius 1 is 1.26 bits per heavy atom. The molecule has 2 aromatic rings. The highest BCUT2D eigenvalue weighted by atomic mass is 35.5. The summed E-state index contributed by atoms with van der Waals surface area (Å²) in [6, 6.07) is 5.30. The summed E-state index contributed by atoms with van der Waals surface area (Å²) < 4.78 is 1.75. The smallest absolute Gasteiger partial charge is 0.307 e. The van der Waals surface area contributed by atoms with Crippen LogP contribution in [-0.4, -0.2) is 11.1 Å². The van der Waals surface area contributed by atoms with Crippen molar-refractivity contribution in [3.8, 4) is 11.3 Å². The van der Waals surface area contributed by atoms with Gasteiger partial charge in [0.15, 0.2) is 0 Å². The third kappa shape index (κ3) is 3.39. The number of hydrogen-bond acceptors (Lipinski definition) is 3. The number of unbranched alkanes of at least 4 members (excludes halogenated alkanes) is 1. The Hall–Kier alpha value is -0.810. The standard InChI is InChI=1S/C13H14Cl2N2OS/c14-9-3-4-10(11(15)7-9)12-8-19-13(18)17(12)6-2-1-5-16/h3-4,7-8H,1-2,5-6,16H2. The zero-order chi connectivity index (χ0) is 13.8. The minimum absolute atomic E-state index is 0.0260. The minimum Gasteiger partial charge on any atom is -0.330 e. The Morgan fingerprint density at radius 2 is 2.05 bits per heavy atom. The molecule has 0 amide bonds. The van der Waals surface area contributed by atoms with E-state index in [2.05, 4.69) is 0 Å². The van der Waals surface area contributed by atoms with Crippen LogP contribution in [0.5, 0.6) is 0 Å². The van der Waals surface area contributed by atoms with Crippen LogP contribution in [0, 0.1) is 0 Å². The number of benzene rings is 1. The Balaban J connectivity index is 2.36. The highest BCUT2D eigenvalue weighted by Gasteiger charge is 2.12. The van der Waals surface area contributed by atoms with E-state index in [1.54, 1.807) is 16.7 Å². The lowest BCUT2D eigenvalue weighted by Crippen LogP contribution is -2.15. The predicted molar refractivity (Wildman–Crippen MR) is 82.3 cm³/mol. The zero-order valence-electron chi connectivity index (χ0n) is 10.2. The topological polar surface area (TPSA) is 48.0 Å². The van der Waals surface area contributed by atoms with E-state index in [0.29, 0.717) is 23.1 Å². The van der Waals surface area contributed by atoms with Crippen LogP contribution >= 0.6 is 34.5 Å². The Morgan fingerprint density at radius 3 is 2.74 bits per heavy atom. The van der Waals surface area contributed by atoms with Crippen molar-refractivity contribution in [2.75, 3.05) is 6.54 Å². The first-order chi connectivity index (χ1) is 9.13. The molecule has 1 aromatic heterocycles. The molecule has 2 N–H and O–H groups in total. The number of nitrogens with zero attached hydrogens (tertiary/aromatic N) is 1. The molecular weight excluding hydrogens is 303 g/mol. The normalized spacial score (nSPS) is 10.9. The number of nitrogens with two attached hydrogens (primary N) is 1. The van der Waals surface area contributed by atoms with E-state index in [-0.39, 0.29) is 4.87 Å². The van der Waals surface area contributed by atoms with E-state index in [1.807, 2.05) is 11.4 Å². The highest BCUT2D eigenvalue weighted by Crippen LogP contribution is 2.30. The van der Waals surface area contributed by atoms with Gasteiger partial charge in [-0.3, -0.25) is 9.36 Å². The maximum Gasteiger partial charge on any atom is 0.307 e. The molecule has 2 rings (SSSR count). The van der Waals surface area contributed by atoms with Crippen LogP contribution < -0.4 is 10.6 Å². The molecule has 1 heterocycles. The second-order valence-corrected chi connectivity index (χ2v) is 5.82. The lowest BCUT2D eigenvalue weighted by atomic mass is 10.1. The molecule has 3 nitrogen and oxygen atoms in total. The Labute approximate surface area is 125 Å². The second kappa shape index (κ2) is 6.57. The molecular formula is C13H14Cl2N2OS. The van der Waals surface area contributed by atoms with Gasteiger partial charge in [0.1, 0.15) is 0 Å². The fourth-order valence-corrected chi connectivity index (χ4v) is 3.15. The van der Waals surface area contributed by atoms with Gasteiger partial charge < -0.3 is 5.73 Å². The van der Waals surface area contributed by atoms with E-state index in [9.17, 15) is 4.79 Å². The predicted octanol–water partition coefficient (Wildman–Crippen LogP) is 3.62. The second-order valence-electron chi connectivity index (χ2n) is 4.16. The summed E-state index contributed by atoms with van der Waals surface area (Å²) >= 11 is 13.3. The molecule has 0 aliphatic rings. The fourth-order valence-electron chi connectivity index (χ4n) is 1.86. The molecule has 1 aromatic carbocycles. The third-order valence-electron chi connectivity index (χ3n) is 2.83. The van der Waals surface area contributed by atoms with Crippen molar-refractivity contribution in [2.45, 2.75) is 19.4 Å². The van der Waals surface area contributed by atoms with Crippen molar-refractivity contribution in [2.24, 2.45) is 5.73 Å². The highest BCUT2D eigenvalue weighted by molar-refractivity contribution is 7.07. The van der Waals surface area contributed by atoms with Crippen molar-refractivity contribution in [3.63, 3.8) is 0 Å². The average molecular weight is 317 g/mol. The van der Waals surface area contributed by atoms with E-state index >= 15 is 0 Å². The quantitative estimate of drug-likeness (QED) is 0.856. The Bertz CT molecular complexity index is 621. The molecule has 19 heavy (non-hydrogen) atoms. The van der Waals surface area contributed by atoms with E-state index in [4.69, 9.17) is 28.9 Å². The van der Waals surface area contributed by atoms with Gasteiger partial charge in [-0.25, -0.2) is 0 Å². The molecule has 0 aliphatic carbocycles. The summed E-state index contributed by atoms with van der Waals surface area (Å²) in [5, 5.41) is 2.97. The molecule has 0 atom stereocenters. The number of hydrogen-bond donors (Lipinski definition) is 1. The monoisotopic (exact) mass is 316 g/mol. The van der Waals surface area contributed by atoms with Crippen molar-refractivity contribution in [3.05, 3.63) is 43.3 Å². The van der Waals surface area contributed by atoms with Crippen LogP contribution in [-0.2, 0) is 6.54 Å². The SMILES string of the molecule is NCCCCn1c(-c2ccc(Cl)cc2Cl)csc1=O. The molecule has 0 saturated heterocycles. The lowest BCUT2D eigenvalue weighted by molar-refractivity contribution is 0.613. The maximum atomic E-state index is 11.9. The summed E-state index contributed by atoms with van der Waals surface area (Å²) in [5.41, 5.74) is 7.15. The number of halogens is 2. The van der Waals surface area contributed by atoms with E-state index in [1.165, 1.54) is 11.3 Å². The van der Waals surface area contributed by atoms with Crippen molar-refractivity contribution >= 4 is 34.5 Å². The summed E-state index contributed by atoms with van der Waals surface area (Å²) in [7, 11) is 0. The summed E-state index contributed by atoms with van der Waals surface area (Å²) in [6.07, 6.45) is 1.78. The van der Waals surface area contributed by atoms with Gasteiger partial charge in [0.2, 0.25) is 0 Å². The maximum absolute atomic E-state index is 11.9. The molecule has 0 fully saturated rings. The van der Waals surface area contributed by atoms with Gasteiger partial charge in [-0.1, -0.05) is 34.5 Å². The first-order valence-corrected chi connectivity index (χ1v) is 7.61. The van der Waals surface area contributed by atoms with E-state index < -0.39 is 0 Å². The number of rotatable bonds is 5. The molecule has 0 bridgehead atoms. The largest absolute Gasteiger partial charge is 0.330 e. The molecule has 0 spiro atoms. The average Bonchev–Trinajstić information content (AvgIpc) is 2.72. The minimum atomic E-state index is 0.0260. The number of thiazole rings is 1. The van der Waals surface area contributed by atoms with Crippen LogP contribution in [0.15, 0.2) is 28.4 Å². The van der Waals surface area contributed by atoms with Gasteiger partial charge in [0.05, 0.1) is 10.7 Å².